The highest BCUT2D eigenvalue weighted by Gasteiger charge is 2.17. The molecule has 0 atom stereocenters. The number of benzene rings is 1. The molecule has 0 bridgehead atoms. The largest absolute Gasteiger partial charge is 0.481 e. The molecule has 0 fully saturated rings. The van der Waals surface area contributed by atoms with Crippen LogP contribution >= 0.6 is 11.3 Å². The van der Waals surface area contributed by atoms with Gasteiger partial charge < -0.3 is 10.1 Å². The van der Waals surface area contributed by atoms with E-state index in [0.717, 1.165) is 27.0 Å². The van der Waals surface area contributed by atoms with Gasteiger partial charge in [0.25, 0.3) is 5.91 Å². The Labute approximate surface area is 171 Å². The van der Waals surface area contributed by atoms with E-state index in [0.29, 0.717) is 23.8 Å². The third-order valence-corrected chi connectivity index (χ3v) is 5.71. The van der Waals surface area contributed by atoms with Crippen molar-refractivity contribution in [1.82, 2.24) is 20.1 Å². The molecular weight excluding hydrogens is 391 g/mol. The molecule has 1 amide bonds. The van der Waals surface area contributed by atoms with Crippen LogP contribution in [0.4, 0.5) is 4.39 Å². The Morgan fingerprint density at radius 3 is 2.83 bits per heavy atom. The van der Waals surface area contributed by atoms with Crippen molar-refractivity contribution >= 4 is 27.5 Å². The highest BCUT2D eigenvalue weighted by molar-refractivity contribution is 7.20. The van der Waals surface area contributed by atoms with Gasteiger partial charge in [-0.15, -0.1) is 11.3 Å². The number of nitrogens with zero attached hydrogens (tertiary/aromatic N) is 3. The molecule has 4 rings (SSSR count). The fourth-order valence-electron chi connectivity index (χ4n) is 3.10. The maximum Gasteiger partial charge on any atom is 0.261 e. The van der Waals surface area contributed by atoms with Crippen molar-refractivity contribution in [2.45, 2.75) is 20.0 Å². The summed E-state index contributed by atoms with van der Waals surface area (Å²) in [6.07, 6.45) is 1.64. The van der Waals surface area contributed by atoms with E-state index < -0.39 is 0 Å². The van der Waals surface area contributed by atoms with Crippen molar-refractivity contribution in [1.29, 1.82) is 0 Å². The van der Waals surface area contributed by atoms with Crippen LogP contribution in [0.15, 0.2) is 48.7 Å². The van der Waals surface area contributed by atoms with Crippen LogP contribution in [0.25, 0.3) is 10.2 Å². The van der Waals surface area contributed by atoms with E-state index in [1.807, 2.05) is 23.7 Å². The summed E-state index contributed by atoms with van der Waals surface area (Å²) in [6.45, 7) is 2.75. The maximum absolute atomic E-state index is 13.1. The van der Waals surface area contributed by atoms with Gasteiger partial charge in [0.05, 0.1) is 24.2 Å². The van der Waals surface area contributed by atoms with Gasteiger partial charge in [0.15, 0.2) is 0 Å². The minimum absolute atomic E-state index is 0.162. The predicted octanol–water partition coefficient (Wildman–Crippen LogP) is 3.93. The van der Waals surface area contributed by atoms with Crippen molar-refractivity contribution < 1.29 is 13.9 Å². The summed E-state index contributed by atoms with van der Waals surface area (Å²) in [5, 5.41) is 8.42. The highest BCUT2D eigenvalue weighted by atomic mass is 32.1. The molecule has 0 saturated heterocycles. The van der Waals surface area contributed by atoms with Crippen molar-refractivity contribution in [3.63, 3.8) is 0 Å². The molecule has 3 heterocycles. The summed E-state index contributed by atoms with van der Waals surface area (Å²) in [7, 11) is 1.55. The Hall–Kier alpha value is -3.26. The van der Waals surface area contributed by atoms with Crippen molar-refractivity contribution in [3.05, 3.63) is 76.2 Å². The number of pyridine rings is 1. The van der Waals surface area contributed by atoms with Gasteiger partial charge in [-0.3, -0.25) is 9.48 Å². The first-order chi connectivity index (χ1) is 14.0. The van der Waals surface area contributed by atoms with Gasteiger partial charge in [0, 0.05) is 23.7 Å². The molecule has 0 aliphatic rings. The zero-order valence-corrected chi connectivity index (χ0v) is 16.8. The normalized spacial score (nSPS) is 11.0. The molecule has 1 aromatic carbocycles. The summed E-state index contributed by atoms with van der Waals surface area (Å²) in [5.41, 5.74) is 2.60. The summed E-state index contributed by atoms with van der Waals surface area (Å²) in [4.78, 5) is 18.3. The quantitative estimate of drug-likeness (QED) is 0.523. The van der Waals surface area contributed by atoms with E-state index in [1.165, 1.54) is 23.5 Å². The molecule has 0 radical (unpaired) electrons. The molecule has 0 unspecified atom stereocenters. The van der Waals surface area contributed by atoms with Crippen molar-refractivity contribution in [3.8, 4) is 5.88 Å². The number of aromatic nitrogens is 3. The van der Waals surface area contributed by atoms with Crippen LogP contribution in [0.1, 0.15) is 26.5 Å². The average molecular weight is 410 g/mol. The number of nitrogens with one attached hydrogen (secondary N) is 1. The highest BCUT2D eigenvalue weighted by Crippen LogP contribution is 2.29. The number of carbonyl (C=O) groups is 1. The monoisotopic (exact) mass is 410 g/mol. The van der Waals surface area contributed by atoms with Crippen LogP contribution in [-0.2, 0) is 13.1 Å². The number of thiophene rings is 1. The molecule has 148 valence electrons. The molecule has 6 nitrogen and oxygen atoms in total. The van der Waals surface area contributed by atoms with Crippen molar-refractivity contribution in [2.24, 2.45) is 0 Å². The van der Waals surface area contributed by atoms with Gasteiger partial charge in [-0.05, 0) is 36.8 Å². The van der Waals surface area contributed by atoms with Crippen LogP contribution in [-0.4, -0.2) is 27.8 Å². The molecule has 0 saturated carbocycles. The van der Waals surface area contributed by atoms with Crippen LogP contribution < -0.4 is 10.1 Å². The standard InChI is InChI=1S/C21H19FN4O2S/c1-13-17-10-18(19(27)24-11-15-4-3-9-23-20(15)28-2)29-21(17)26(25-13)12-14-5-7-16(22)8-6-14/h3-10H,11-12H2,1-2H3,(H,24,27). The SMILES string of the molecule is COc1ncccc1CNC(=O)c1cc2c(C)nn(Cc3ccc(F)cc3)c2s1. The Morgan fingerprint density at radius 2 is 2.07 bits per heavy atom. The smallest absolute Gasteiger partial charge is 0.261 e. The lowest BCUT2D eigenvalue weighted by molar-refractivity contribution is 0.0954. The van der Waals surface area contributed by atoms with E-state index in [4.69, 9.17) is 4.74 Å². The van der Waals surface area contributed by atoms with E-state index in [9.17, 15) is 9.18 Å². The molecule has 0 spiro atoms. The van der Waals surface area contributed by atoms with E-state index >= 15 is 0 Å². The lowest BCUT2D eigenvalue weighted by Crippen LogP contribution is -2.22. The average Bonchev–Trinajstić information content (AvgIpc) is 3.29. The zero-order valence-electron chi connectivity index (χ0n) is 16.0. The molecule has 1 N–H and O–H groups in total. The summed E-state index contributed by atoms with van der Waals surface area (Å²) in [5.74, 6) is 0.0654. The molecule has 8 heteroatoms. The third-order valence-electron chi connectivity index (χ3n) is 4.56. The molecule has 3 aromatic heterocycles. The van der Waals surface area contributed by atoms with Gasteiger partial charge >= 0.3 is 0 Å². The number of carbonyl (C=O) groups excluding carboxylic acids is 1. The van der Waals surface area contributed by atoms with Gasteiger partial charge in [0.2, 0.25) is 5.88 Å². The first-order valence-electron chi connectivity index (χ1n) is 9.02. The van der Waals surface area contributed by atoms with E-state index in [2.05, 4.69) is 15.4 Å². The Morgan fingerprint density at radius 1 is 1.28 bits per heavy atom. The van der Waals surface area contributed by atoms with Crippen LogP contribution in [0, 0.1) is 12.7 Å². The fraction of sp³-hybridized carbons (Fsp3) is 0.190. The number of halogens is 1. The van der Waals surface area contributed by atoms with E-state index in [-0.39, 0.29) is 11.7 Å². The molecule has 0 aliphatic heterocycles. The first kappa shape index (κ1) is 19.1. The van der Waals surface area contributed by atoms with Crippen LogP contribution in [0.2, 0.25) is 0 Å². The number of hydrogen-bond acceptors (Lipinski definition) is 5. The minimum atomic E-state index is -0.268. The first-order valence-corrected chi connectivity index (χ1v) is 9.84. The van der Waals surface area contributed by atoms with Crippen LogP contribution in [0.3, 0.4) is 0 Å². The Bertz CT molecular complexity index is 1170. The third kappa shape index (κ3) is 3.97. The summed E-state index contributed by atoms with van der Waals surface area (Å²) in [6, 6.07) is 11.9. The second kappa shape index (κ2) is 8.00. The minimum Gasteiger partial charge on any atom is -0.481 e. The number of ether oxygens (including phenoxy) is 1. The van der Waals surface area contributed by atoms with E-state index in [1.54, 1.807) is 31.5 Å². The second-order valence-electron chi connectivity index (χ2n) is 6.55. The number of aryl methyl sites for hydroxylation is 1. The number of hydrogen-bond donors (Lipinski definition) is 1. The Balaban J connectivity index is 1.54. The van der Waals surface area contributed by atoms with Crippen LogP contribution in [0.5, 0.6) is 5.88 Å². The predicted molar refractivity (Wildman–Crippen MR) is 110 cm³/mol. The number of rotatable bonds is 6. The van der Waals surface area contributed by atoms with Gasteiger partial charge in [-0.25, -0.2) is 9.37 Å². The maximum atomic E-state index is 13.1. The number of amides is 1. The topological polar surface area (TPSA) is 69.0 Å². The fourth-order valence-corrected chi connectivity index (χ4v) is 4.18. The zero-order chi connectivity index (χ0) is 20.4. The Kier molecular flexibility index (Phi) is 5.26. The van der Waals surface area contributed by atoms with Crippen molar-refractivity contribution in [2.75, 3.05) is 7.11 Å². The van der Waals surface area contributed by atoms with Gasteiger partial charge in [0.1, 0.15) is 10.6 Å². The second-order valence-corrected chi connectivity index (χ2v) is 7.58. The summed E-state index contributed by atoms with van der Waals surface area (Å²) < 4.78 is 20.2. The lowest BCUT2D eigenvalue weighted by atomic mass is 10.2. The van der Waals surface area contributed by atoms with Gasteiger partial charge in [-0.2, -0.15) is 5.10 Å². The molecule has 4 aromatic rings. The number of methoxy groups -OCH3 is 1. The summed E-state index contributed by atoms with van der Waals surface area (Å²) >= 11 is 1.39. The van der Waals surface area contributed by atoms with Gasteiger partial charge in [-0.1, -0.05) is 18.2 Å². The lowest BCUT2D eigenvalue weighted by Gasteiger charge is -2.07. The molecule has 29 heavy (non-hydrogen) atoms. The number of fused-ring (bicyclic) bond motifs is 1. The molecular formula is C21H19FN4O2S. The molecule has 0 aliphatic carbocycles.